The molecular formula is C10H15NO2. The van der Waals surface area contributed by atoms with E-state index in [-0.39, 0.29) is 0 Å². The van der Waals surface area contributed by atoms with Crippen molar-refractivity contribution < 1.29 is 9.90 Å². The van der Waals surface area contributed by atoms with Crippen LogP contribution >= 0.6 is 0 Å². The molecule has 0 spiro atoms. The zero-order chi connectivity index (χ0) is 10.7. The number of carbonyl (C=O) groups is 1. The minimum Gasteiger partial charge on any atom is -0.478 e. The largest absolute Gasteiger partial charge is 0.478 e. The number of carboxylic acids is 1. The van der Waals surface area contributed by atoms with Crippen LogP contribution in [-0.2, 0) is 4.79 Å². The summed E-state index contributed by atoms with van der Waals surface area (Å²) < 4.78 is 0. The second-order valence-corrected chi connectivity index (χ2v) is 2.12. The smallest absolute Gasteiger partial charge is 0.330 e. The van der Waals surface area contributed by atoms with Crippen LogP contribution in [0.2, 0.25) is 0 Å². The maximum Gasteiger partial charge on any atom is 0.330 e. The van der Waals surface area contributed by atoms with Gasteiger partial charge in [-0.1, -0.05) is 12.0 Å². The Labute approximate surface area is 78.9 Å². The van der Waals surface area contributed by atoms with Crippen molar-refractivity contribution in [3.63, 3.8) is 0 Å². The number of aliphatic carboxylic acids is 1. The highest BCUT2D eigenvalue weighted by Gasteiger charge is 1.84. The normalized spacial score (nSPS) is 9.62. The minimum atomic E-state index is -1.000. The van der Waals surface area contributed by atoms with E-state index in [0.717, 1.165) is 6.08 Å². The van der Waals surface area contributed by atoms with Gasteiger partial charge in [0.05, 0.1) is 0 Å². The molecule has 0 unspecified atom stereocenters. The lowest BCUT2D eigenvalue weighted by molar-refractivity contribution is -0.131. The Morgan fingerprint density at radius 3 is 2.15 bits per heavy atom. The molecule has 0 aliphatic carbocycles. The highest BCUT2D eigenvalue weighted by molar-refractivity contribution is 5.80. The molecule has 13 heavy (non-hydrogen) atoms. The van der Waals surface area contributed by atoms with Gasteiger partial charge >= 0.3 is 5.97 Å². The molecule has 0 aliphatic heterocycles. The summed E-state index contributed by atoms with van der Waals surface area (Å²) in [4.78, 5) is 9.65. The van der Waals surface area contributed by atoms with Crippen LogP contribution in [0.25, 0.3) is 0 Å². The van der Waals surface area contributed by atoms with E-state index >= 15 is 0 Å². The lowest BCUT2D eigenvalue weighted by Crippen LogP contribution is -1.96. The van der Waals surface area contributed by atoms with Crippen molar-refractivity contribution in [2.45, 2.75) is 20.8 Å². The van der Waals surface area contributed by atoms with Crippen molar-refractivity contribution in [2.24, 2.45) is 5.73 Å². The van der Waals surface area contributed by atoms with Crippen molar-refractivity contribution in [2.75, 3.05) is 0 Å². The minimum absolute atomic E-state index is 0.313. The fraction of sp³-hybridized carbons (Fsp3) is 0.300. The predicted octanol–water partition coefficient (Wildman–Crippen LogP) is 1.52. The summed E-state index contributed by atoms with van der Waals surface area (Å²) in [6.07, 6.45) is 4.68. The molecule has 72 valence electrons. The Kier molecular flexibility index (Phi) is 11.0. The Bertz CT molecular complexity index is 250. The van der Waals surface area contributed by atoms with E-state index in [9.17, 15) is 4.79 Å². The van der Waals surface area contributed by atoms with E-state index in [1.807, 2.05) is 26.0 Å². The first-order chi connectivity index (χ1) is 6.04. The first-order valence-corrected chi connectivity index (χ1v) is 3.74. The van der Waals surface area contributed by atoms with E-state index in [0.29, 0.717) is 5.70 Å². The van der Waals surface area contributed by atoms with Crippen molar-refractivity contribution in [3.8, 4) is 11.8 Å². The molecule has 3 heteroatoms. The molecule has 0 aliphatic rings. The molecule has 3 N–H and O–H groups in total. The van der Waals surface area contributed by atoms with E-state index in [2.05, 4.69) is 11.8 Å². The van der Waals surface area contributed by atoms with E-state index in [1.54, 1.807) is 0 Å². The lowest BCUT2D eigenvalue weighted by Gasteiger charge is -1.81. The molecule has 0 atom stereocenters. The van der Waals surface area contributed by atoms with Crippen LogP contribution in [0, 0.1) is 11.8 Å². The first-order valence-electron chi connectivity index (χ1n) is 3.74. The summed E-state index contributed by atoms with van der Waals surface area (Å²) in [5.74, 6) is 4.50. The third-order valence-corrected chi connectivity index (χ3v) is 0.745. The topological polar surface area (TPSA) is 63.3 Å². The van der Waals surface area contributed by atoms with Gasteiger partial charge in [0.15, 0.2) is 0 Å². The van der Waals surface area contributed by atoms with Crippen molar-refractivity contribution in [1.82, 2.24) is 0 Å². The summed E-state index contributed by atoms with van der Waals surface area (Å²) in [5, 5.41) is 7.93. The molecule has 0 fully saturated rings. The van der Waals surface area contributed by atoms with Crippen molar-refractivity contribution in [3.05, 3.63) is 23.9 Å². The van der Waals surface area contributed by atoms with Crippen LogP contribution in [0.1, 0.15) is 20.8 Å². The van der Waals surface area contributed by atoms with Gasteiger partial charge < -0.3 is 10.8 Å². The second kappa shape index (κ2) is 10.3. The summed E-state index contributed by atoms with van der Waals surface area (Å²) in [6.45, 7) is 5.29. The average molecular weight is 181 g/mol. The third kappa shape index (κ3) is 25.3. The second-order valence-electron chi connectivity index (χ2n) is 2.12. The molecule has 0 aromatic heterocycles. The van der Waals surface area contributed by atoms with Crippen LogP contribution < -0.4 is 5.73 Å². The van der Waals surface area contributed by atoms with Gasteiger partial charge in [-0.05, 0) is 26.8 Å². The molecule has 0 amide bonds. The molecular weight excluding hydrogens is 166 g/mol. The molecule has 0 bridgehead atoms. The Morgan fingerprint density at radius 1 is 1.54 bits per heavy atom. The first kappa shape index (κ1) is 13.9. The number of carboxylic acid groups (broad SMARTS) is 1. The maximum atomic E-state index is 9.65. The van der Waals surface area contributed by atoms with Crippen molar-refractivity contribution in [1.29, 1.82) is 0 Å². The maximum absolute atomic E-state index is 9.65. The predicted molar refractivity (Wildman–Crippen MR) is 53.8 cm³/mol. The summed E-state index contributed by atoms with van der Waals surface area (Å²) in [6, 6.07) is 0. The fourth-order valence-corrected chi connectivity index (χ4v) is 0.361. The zero-order valence-electron chi connectivity index (χ0n) is 8.16. The third-order valence-electron chi connectivity index (χ3n) is 0.745. The summed E-state index contributed by atoms with van der Waals surface area (Å²) in [5.41, 5.74) is 5.29. The highest BCUT2D eigenvalue weighted by Crippen LogP contribution is 1.76. The molecule has 3 nitrogen and oxygen atoms in total. The lowest BCUT2D eigenvalue weighted by atomic mass is 10.5. The Balaban J connectivity index is 0. The van der Waals surface area contributed by atoms with E-state index in [4.69, 9.17) is 10.8 Å². The number of rotatable bonds is 1. The molecule has 0 radical (unpaired) electrons. The summed E-state index contributed by atoms with van der Waals surface area (Å²) >= 11 is 0. The fourth-order valence-electron chi connectivity index (χ4n) is 0.361. The van der Waals surface area contributed by atoms with Gasteiger partial charge in [0.2, 0.25) is 0 Å². The SMILES string of the molecule is CC#CC=CC.CC(N)=CC(=O)O. The summed E-state index contributed by atoms with van der Waals surface area (Å²) in [7, 11) is 0. The number of allylic oxidation sites excluding steroid dienone is 3. The average Bonchev–Trinajstić information content (AvgIpc) is 1.99. The van der Waals surface area contributed by atoms with Crippen LogP contribution in [-0.4, -0.2) is 11.1 Å². The van der Waals surface area contributed by atoms with Gasteiger partial charge in [0.25, 0.3) is 0 Å². The van der Waals surface area contributed by atoms with Gasteiger partial charge in [-0.2, -0.15) is 0 Å². The zero-order valence-corrected chi connectivity index (χ0v) is 8.16. The molecule has 0 saturated carbocycles. The van der Waals surface area contributed by atoms with Gasteiger partial charge in [0.1, 0.15) is 0 Å². The van der Waals surface area contributed by atoms with Crippen LogP contribution in [0.5, 0.6) is 0 Å². The highest BCUT2D eigenvalue weighted by atomic mass is 16.4. The van der Waals surface area contributed by atoms with Gasteiger partial charge in [-0.3, -0.25) is 0 Å². The van der Waals surface area contributed by atoms with Crippen molar-refractivity contribution >= 4 is 5.97 Å². The van der Waals surface area contributed by atoms with E-state index in [1.165, 1.54) is 6.92 Å². The number of hydrogen-bond acceptors (Lipinski definition) is 2. The Hall–Kier alpha value is -1.69. The van der Waals surface area contributed by atoms with E-state index < -0.39 is 5.97 Å². The molecule has 0 aromatic rings. The quantitative estimate of drug-likeness (QED) is 0.476. The number of nitrogens with two attached hydrogens (primary N) is 1. The van der Waals surface area contributed by atoms with Gasteiger partial charge in [-0.15, -0.1) is 5.92 Å². The van der Waals surface area contributed by atoms with Crippen LogP contribution in [0.4, 0.5) is 0 Å². The molecule has 0 heterocycles. The van der Waals surface area contributed by atoms with Crippen LogP contribution in [0.3, 0.4) is 0 Å². The molecule has 0 saturated heterocycles. The van der Waals surface area contributed by atoms with Gasteiger partial charge in [0, 0.05) is 11.8 Å². The molecule has 0 aromatic carbocycles. The standard InChI is InChI=1S/C6H8.C4H7NO2/c1-3-5-6-4-2;1-3(5)2-4(6)7/h3,5H,1-2H3;2H,5H2,1H3,(H,6,7). The van der Waals surface area contributed by atoms with Gasteiger partial charge in [-0.25, -0.2) is 4.79 Å². The molecule has 0 rings (SSSR count). The van der Waals surface area contributed by atoms with Crippen LogP contribution in [0.15, 0.2) is 23.9 Å². The monoisotopic (exact) mass is 181 g/mol. The number of hydrogen-bond donors (Lipinski definition) is 2. The Morgan fingerprint density at radius 2 is 2.08 bits per heavy atom.